The summed E-state index contributed by atoms with van der Waals surface area (Å²) in [5.74, 6) is 1.86. The zero-order chi connectivity index (χ0) is 25.7. The molecule has 0 aliphatic carbocycles. The van der Waals surface area contributed by atoms with Gasteiger partial charge in [-0.05, 0) is 84.9 Å². The van der Waals surface area contributed by atoms with Gasteiger partial charge >= 0.3 is 0 Å². The first-order valence-corrected chi connectivity index (χ1v) is 15.1. The van der Waals surface area contributed by atoms with Gasteiger partial charge in [-0.15, -0.1) is 34.0 Å². The number of benzene rings is 1. The maximum Gasteiger partial charge on any atom is 0.0529 e. The van der Waals surface area contributed by atoms with Crippen molar-refractivity contribution >= 4 is 64.3 Å². The quantitative estimate of drug-likeness (QED) is 0.227. The van der Waals surface area contributed by atoms with Gasteiger partial charge in [0.25, 0.3) is 0 Å². The van der Waals surface area contributed by atoms with Crippen molar-refractivity contribution in [1.29, 1.82) is 0 Å². The molecule has 0 N–H and O–H groups in total. The third kappa shape index (κ3) is 6.03. The van der Waals surface area contributed by atoms with Crippen LogP contribution >= 0.6 is 34.0 Å². The van der Waals surface area contributed by atoms with E-state index in [1.807, 2.05) is 36.1 Å². The highest BCUT2D eigenvalue weighted by Gasteiger charge is 2.07. The fourth-order valence-electron chi connectivity index (χ4n) is 4.15. The summed E-state index contributed by atoms with van der Waals surface area (Å²) in [6.07, 6.45) is 7.60. The first kappa shape index (κ1) is 26.5. The van der Waals surface area contributed by atoms with Crippen LogP contribution in [0.1, 0.15) is 76.0 Å². The number of pyridine rings is 2. The van der Waals surface area contributed by atoms with Crippen LogP contribution in [-0.2, 0) is 0 Å². The zero-order valence-corrected chi connectivity index (χ0v) is 24.3. The van der Waals surface area contributed by atoms with Gasteiger partial charge in [0.1, 0.15) is 0 Å². The Morgan fingerprint density at radius 2 is 0.889 bits per heavy atom. The third-order valence-electron chi connectivity index (χ3n) is 6.19. The smallest absolute Gasteiger partial charge is 0.0529 e. The Morgan fingerprint density at radius 3 is 1.33 bits per heavy atom. The van der Waals surface area contributed by atoms with Gasteiger partial charge in [0.15, 0.2) is 0 Å². The van der Waals surface area contributed by atoms with Crippen LogP contribution < -0.4 is 0 Å². The Bertz CT molecular complexity index is 1350. The molecule has 5 heteroatoms. The van der Waals surface area contributed by atoms with E-state index in [1.54, 1.807) is 22.7 Å². The normalized spacial score (nSPS) is 11.2. The lowest BCUT2D eigenvalue weighted by Gasteiger charge is -2.01. The Hall–Kier alpha value is -2.60. The molecule has 0 spiro atoms. The molecular formula is C31H34N2S3. The van der Waals surface area contributed by atoms with Crippen molar-refractivity contribution < 1.29 is 0 Å². The topological polar surface area (TPSA) is 25.8 Å². The maximum atomic E-state index is 4.10. The van der Waals surface area contributed by atoms with Gasteiger partial charge < -0.3 is 0 Å². The second-order valence-corrected chi connectivity index (χ2v) is 12.5. The van der Waals surface area contributed by atoms with Crippen LogP contribution in [0.15, 0.2) is 77.3 Å². The zero-order valence-electron chi connectivity index (χ0n) is 21.9. The molecular weight excluding hydrogens is 497 g/mol. The third-order valence-corrected chi connectivity index (χ3v) is 9.08. The Balaban J connectivity index is 0.000000127. The first-order valence-electron chi connectivity index (χ1n) is 12.4. The molecule has 5 aromatic heterocycles. The van der Waals surface area contributed by atoms with Gasteiger partial charge in [-0.3, -0.25) is 9.97 Å². The van der Waals surface area contributed by atoms with Crippen molar-refractivity contribution in [3.63, 3.8) is 0 Å². The van der Waals surface area contributed by atoms with E-state index >= 15 is 0 Å². The molecule has 1 aromatic carbocycles. The van der Waals surface area contributed by atoms with Gasteiger partial charge in [-0.1, -0.05) is 59.7 Å². The minimum Gasteiger partial charge on any atom is -0.263 e. The van der Waals surface area contributed by atoms with Crippen LogP contribution in [-0.4, -0.2) is 9.97 Å². The summed E-state index contributed by atoms with van der Waals surface area (Å²) in [6.45, 7) is 13.4. The summed E-state index contributed by atoms with van der Waals surface area (Å²) in [5, 5.41) is 10.9. The fraction of sp³-hybridized carbons (Fsp3) is 0.290. The fourth-order valence-corrected chi connectivity index (χ4v) is 7.44. The van der Waals surface area contributed by atoms with Crippen molar-refractivity contribution in [2.24, 2.45) is 0 Å². The molecule has 6 aromatic rings. The highest BCUT2D eigenvalue weighted by atomic mass is 32.1. The number of thiophene rings is 3. The number of nitrogens with zero attached hydrogens (tertiary/aromatic N) is 2. The van der Waals surface area contributed by atoms with E-state index in [2.05, 4.69) is 104 Å². The average Bonchev–Trinajstić information content (AvgIpc) is 3.61. The van der Waals surface area contributed by atoms with Crippen LogP contribution in [0.4, 0.5) is 0 Å². The molecule has 36 heavy (non-hydrogen) atoms. The van der Waals surface area contributed by atoms with E-state index in [1.165, 1.54) is 46.9 Å². The van der Waals surface area contributed by atoms with Crippen LogP contribution in [0.3, 0.4) is 0 Å². The molecule has 186 valence electrons. The molecule has 2 nitrogen and oxygen atoms in total. The van der Waals surface area contributed by atoms with E-state index in [0.29, 0.717) is 17.8 Å². The molecule has 0 amide bonds. The summed E-state index contributed by atoms with van der Waals surface area (Å²) < 4.78 is 3.99. The average molecular weight is 531 g/mol. The largest absolute Gasteiger partial charge is 0.263 e. The summed E-state index contributed by atoms with van der Waals surface area (Å²) >= 11 is 5.40. The number of rotatable bonds is 3. The van der Waals surface area contributed by atoms with Crippen molar-refractivity contribution in [3.8, 4) is 0 Å². The Labute approximate surface area is 226 Å². The van der Waals surface area contributed by atoms with Crippen molar-refractivity contribution in [3.05, 3.63) is 94.0 Å². The van der Waals surface area contributed by atoms with Crippen molar-refractivity contribution in [2.75, 3.05) is 0 Å². The molecule has 0 fully saturated rings. The Morgan fingerprint density at radius 1 is 0.500 bits per heavy atom. The summed E-state index contributed by atoms with van der Waals surface area (Å²) in [5.41, 5.74) is 4.37. The van der Waals surface area contributed by atoms with E-state index in [4.69, 9.17) is 0 Å². The van der Waals surface area contributed by atoms with Crippen molar-refractivity contribution in [2.45, 2.75) is 59.3 Å². The highest BCUT2D eigenvalue weighted by molar-refractivity contribution is 7.18. The summed E-state index contributed by atoms with van der Waals surface area (Å²) in [6, 6.07) is 12.8. The lowest BCUT2D eigenvalue weighted by Crippen LogP contribution is -1.83. The van der Waals surface area contributed by atoms with E-state index in [0.717, 1.165) is 0 Å². The molecule has 0 bridgehead atoms. The Kier molecular flexibility index (Phi) is 8.89. The van der Waals surface area contributed by atoms with Gasteiger partial charge in [-0.25, -0.2) is 0 Å². The molecule has 0 aliphatic heterocycles. The molecule has 6 rings (SSSR count). The van der Waals surface area contributed by atoms with Gasteiger partial charge in [0.05, 0.1) is 9.40 Å². The van der Waals surface area contributed by atoms with Gasteiger partial charge in [-0.2, -0.15) is 0 Å². The second kappa shape index (κ2) is 12.1. The van der Waals surface area contributed by atoms with Crippen molar-refractivity contribution in [1.82, 2.24) is 9.97 Å². The maximum absolute atomic E-state index is 4.10. The monoisotopic (exact) mass is 530 g/mol. The van der Waals surface area contributed by atoms with Crippen LogP contribution in [0.2, 0.25) is 0 Å². The van der Waals surface area contributed by atoms with Crippen LogP contribution in [0.5, 0.6) is 0 Å². The standard InChI is InChI=1S/C11H12S.2C10H11NS/c1-8(2)10-7-12-11-6-4-3-5-9(10)11;2*1-7(2)9-6-12-10-5-11-4-3-8(9)10/h3-8H,1-2H3;2*3-7H,1-2H3. The molecule has 0 unspecified atom stereocenters. The number of hydrogen-bond donors (Lipinski definition) is 0. The lowest BCUT2D eigenvalue weighted by molar-refractivity contribution is 0.880. The van der Waals surface area contributed by atoms with E-state index in [9.17, 15) is 0 Å². The van der Waals surface area contributed by atoms with Crippen LogP contribution in [0.25, 0.3) is 30.3 Å². The number of aromatic nitrogens is 2. The van der Waals surface area contributed by atoms with Gasteiger partial charge in [0, 0.05) is 29.5 Å². The number of fused-ring (bicyclic) bond motifs is 3. The summed E-state index contributed by atoms with van der Waals surface area (Å²) in [4.78, 5) is 8.19. The minimum atomic E-state index is 0.612. The first-order chi connectivity index (χ1) is 17.4. The minimum absolute atomic E-state index is 0.612. The lowest BCUT2D eigenvalue weighted by atomic mass is 10.0. The van der Waals surface area contributed by atoms with E-state index in [-0.39, 0.29) is 0 Å². The predicted molar refractivity (Wildman–Crippen MR) is 163 cm³/mol. The second-order valence-electron chi connectivity index (χ2n) is 9.78. The molecule has 0 saturated carbocycles. The predicted octanol–water partition coefficient (Wildman–Crippen LogP) is 10.9. The highest BCUT2D eigenvalue weighted by Crippen LogP contribution is 2.32. The number of hydrogen-bond acceptors (Lipinski definition) is 5. The molecule has 0 saturated heterocycles. The molecule has 5 heterocycles. The molecule has 0 aliphatic rings. The molecule has 0 radical (unpaired) electrons. The van der Waals surface area contributed by atoms with Crippen LogP contribution in [0, 0.1) is 0 Å². The SMILES string of the molecule is CC(C)c1csc2ccccc12.CC(C)c1csc2cnccc12.CC(C)c1csc2cnccc12. The summed E-state index contributed by atoms with van der Waals surface area (Å²) in [7, 11) is 0. The molecule has 0 atom stereocenters. The van der Waals surface area contributed by atoms with E-state index < -0.39 is 0 Å². The van der Waals surface area contributed by atoms with Gasteiger partial charge in [0.2, 0.25) is 0 Å².